The molecule has 5 saturated carbocycles. The van der Waals surface area contributed by atoms with Crippen LogP contribution in [0.25, 0.3) is 0 Å². The predicted molar refractivity (Wildman–Crippen MR) is 144 cm³/mol. The van der Waals surface area contributed by atoms with Crippen molar-refractivity contribution >= 4 is 17.9 Å². The Morgan fingerprint density at radius 2 is 1.60 bits per heavy atom. The number of carbonyl (C=O) groups is 3. The van der Waals surface area contributed by atoms with Crippen LogP contribution in [0.1, 0.15) is 67.7 Å². The molecule has 0 radical (unpaired) electrons. The maximum atomic E-state index is 13.2. The molecule has 1 spiro atoms. The second kappa shape index (κ2) is 8.13. The average molecular weight is 605 g/mol. The van der Waals surface area contributed by atoms with Crippen molar-refractivity contribution in [2.75, 3.05) is 0 Å². The fourth-order valence-electron chi connectivity index (χ4n) is 12.7. The van der Waals surface area contributed by atoms with Gasteiger partial charge in [-0.2, -0.15) is 0 Å². The minimum atomic E-state index is -1.97. The molecule has 8 rings (SSSR count). The van der Waals surface area contributed by atoms with E-state index in [2.05, 4.69) is 6.92 Å². The van der Waals surface area contributed by atoms with Crippen molar-refractivity contribution in [3.63, 3.8) is 0 Å². The van der Waals surface area contributed by atoms with Crippen LogP contribution in [0.15, 0.2) is 0 Å². The van der Waals surface area contributed by atoms with Crippen LogP contribution in [0.5, 0.6) is 0 Å². The summed E-state index contributed by atoms with van der Waals surface area (Å²) in [6.45, 7) is 12.0. The van der Waals surface area contributed by atoms with E-state index in [0.29, 0.717) is 6.42 Å². The predicted octanol–water partition coefficient (Wildman–Crippen LogP) is 1.33. The van der Waals surface area contributed by atoms with E-state index in [1.54, 1.807) is 6.92 Å². The molecule has 3 saturated heterocycles. The lowest BCUT2D eigenvalue weighted by Gasteiger charge is -2.65. The molecule has 11 heteroatoms. The normalized spacial score (nSPS) is 63.5. The van der Waals surface area contributed by atoms with E-state index in [9.17, 15) is 29.7 Å². The molecule has 3 N–H and O–H groups in total. The van der Waals surface area contributed by atoms with Gasteiger partial charge < -0.3 is 39.0 Å². The Bertz CT molecular complexity index is 1320. The van der Waals surface area contributed by atoms with Gasteiger partial charge >= 0.3 is 17.9 Å². The summed E-state index contributed by atoms with van der Waals surface area (Å²) in [5.41, 5.74) is -4.74. The summed E-state index contributed by atoms with van der Waals surface area (Å²) in [7, 11) is 0. The second-order valence-electron chi connectivity index (χ2n) is 16.0. The number of hydrogen-bond acceptors (Lipinski definition) is 11. The molecular weight excluding hydrogens is 560 g/mol. The monoisotopic (exact) mass is 604 g/mol. The van der Waals surface area contributed by atoms with Crippen LogP contribution in [0.4, 0.5) is 0 Å². The van der Waals surface area contributed by atoms with E-state index in [1.807, 2.05) is 13.8 Å². The lowest BCUT2D eigenvalue weighted by molar-refractivity contribution is -0.268. The Morgan fingerprint density at radius 3 is 2.26 bits per heavy atom. The number of fused-ring (bicyclic) bond motifs is 9. The number of carbonyl (C=O) groups excluding carboxylic acids is 3. The molecule has 3 heterocycles. The van der Waals surface area contributed by atoms with Crippen LogP contribution >= 0.6 is 0 Å². The summed E-state index contributed by atoms with van der Waals surface area (Å²) < 4.78 is 30.4. The number of ether oxygens (including phenoxy) is 5. The van der Waals surface area contributed by atoms with Gasteiger partial charge in [-0.1, -0.05) is 20.8 Å². The Hall–Kier alpha value is -1.79. The number of aliphatic hydroxyl groups is 3. The Labute approximate surface area is 250 Å². The van der Waals surface area contributed by atoms with Gasteiger partial charge in [0.05, 0.1) is 29.8 Å². The first-order chi connectivity index (χ1) is 20.0. The third-order valence-corrected chi connectivity index (χ3v) is 14.5. The fourth-order valence-corrected chi connectivity index (χ4v) is 12.7. The highest BCUT2D eigenvalue weighted by atomic mass is 16.8. The van der Waals surface area contributed by atoms with Crippen molar-refractivity contribution in [1.82, 2.24) is 0 Å². The smallest absolute Gasteiger partial charge is 0.341 e. The molecule has 238 valence electrons. The van der Waals surface area contributed by atoms with Gasteiger partial charge in [0.15, 0.2) is 5.60 Å². The Balaban J connectivity index is 1.35. The first kappa shape index (κ1) is 28.7. The standard InChI is InChI=1S/C32H44O11/c1-11-19-22(30(6)31(7,38)27(37)43-32(30)25(11)42-32)23(36)20-18-15(35)8-14-9-16-17(41-16)10-28(14,4)21(18)24(39-12(2)33)26(29(19,20)5)40-13(3)34/h11,14-26,35-36,38H,8-10H2,1-7H3/t11-,14-,15-,16-,17+,18?,19-,20+,21?,22-,23+,24-,25+,26-,28-,29+,30-,31+,32-/m0/s1. The van der Waals surface area contributed by atoms with Gasteiger partial charge in [0.2, 0.25) is 5.79 Å². The van der Waals surface area contributed by atoms with Crippen molar-refractivity contribution in [2.45, 2.75) is 122 Å². The minimum absolute atomic E-state index is 0.0893. The molecule has 8 aliphatic rings. The van der Waals surface area contributed by atoms with Gasteiger partial charge in [-0.05, 0) is 62.2 Å². The molecule has 19 atom stereocenters. The molecule has 0 aromatic heterocycles. The van der Waals surface area contributed by atoms with Crippen molar-refractivity contribution < 1.29 is 53.4 Å². The van der Waals surface area contributed by atoms with Gasteiger partial charge in [0.1, 0.15) is 18.3 Å². The number of hydrogen-bond donors (Lipinski definition) is 3. The molecule has 0 aromatic carbocycles. The Morgan fingerprint density at radius 1 is 0.930 bits per heavy atom. The second-order valence-corrected chi connectivity index (χ2v) is 16.0. The molecule has 11 nitrogen and oxygen atoms in total. The van der Waals surface area contributed by atoms with Crippen molar-refractivity contribution in [2.24, 2.45) is 57.7 Å². The summed E-state index contributed by atoms with van der Waals surface area (Å²) in [6, 6.07) is 0. The van der Waals surface area contributed by atoms with Gasteiger partial charge in [-0.3, -0.25) is 9.59 Å². The Kier molecular flexibility index (Phi) is 5.42. The van der Waals surface area contributed by atoms with Crippen molar-refractivity contribution in [1.29, 1.82) is 0 Å². The van der Waals surface area contributed by atoms with Crippen molar-refractivity contribution in [3.05, 3.63) is 0 Å². The van der Waals surface area contributed by atoms with E-state index in [-0.39, 0.29) is 24.0 Å². The van der Waals surface area contributed by atoms with Crippen LogP contribution in [-0.2, 0) is 38.1 Å². The first-order valence-electron chi connectivity index (χ1n) is 16.0. The zero-order valence-corrected chi connectivity index (χ0v) is 25.8. The third kappa shape index (κ3) is 3.03. The summed E-state index contributed by atoms with van der Waals surface area (Å²) in [4.78, 5) is 38.9. The molecule has 0 aromatic rings. The molecule has 0 bridgehead atoms. The average Bonchev–Trinajstić information content (AvgIpc) is 3.79. The summed E-state index contributed by atoms with van der Waals surface area (Å²) in [5, 5.41) is 36.5. The number of aliphatic hydroxyl groups excluding tert-OH is 2. The highest BCUT2D eigenvalue weighted by Crippen LogP contribution is 2.80. The lowest BCUT2D eigenvalue weighted by atomic mass is 9.41. The van der Waals surface area contributed by atoms with Gasteiger partial charge in [0.25, 0.3) is 0 Å². The molecule has 0 amide bonds. The maximum absolute atomic E-state index is 13.2. The van der Waals surface area contributed by atoms with E-state index in [1.165, 1.54) is 20.8 Å². The van der Waals surface area contributed by atoms with Gasteiger partial charge in [-0.25, -0.2) is 4.79 Å². The molecular formula is C32H44O11. The van der Waals surface area contributed by atoms with Crippen LogP contribution in [0.2, 0.25) is 0 Å². The van der Waals surface area contributed by atoms with E-state index >= 15 is 0 Å². The zero-order valence-electron chi connectivity index (χ0n) is 25.8. The van der Waals surface area contributed by atoms with Crippen molar-refractivity contribution in [3.8, 4) is 0 Å². The van der Waals surface area contributed by atoms with Crippen LogP contribution in [-0.4, -0.2) is 87.3 Å². The molecule has 5 aliphatic carbocycles. The quantitative estimate of drug-likeness (QED) is 0.237. The van der Waals surface area contributed by atoms with Gasteiger partial charge in [0, 0.05) is 37.0 Å². The summed E-state index contributed by atoms with van der Waals surface area (Å²) in [6.07, 6.45) is -2.02. The van der Waals surface area contributed by atoms with Crippen LogP contribution in [0, 0.1) is 57.7 Å². The SMILES string of the molecule is CC(=O)O[C@H]1C2C([C@@H]3[C@@H](O)[C@@H]4[C@H]([C@H](C)[C@H]5O[C@]56OC(=O)[C@@](C)(O)[C@]46C)[C@@]3(C)[C@H]1OC(C)=O)[C@@H](O)C[C@H]1C[C@@H]3O[C@@H]3C[C@]21C. The van der Waals surface area contributed by atoms with Crippen LogP contribution in [0.3, 0.4) is 0 Å². The minimum Gasteiger partial charge on any atom is -0.458 e. The molecule has 43 heavy (non-hydrogen) atoms. The van der Waals surface area contributed by atoms with E-state index in [0.717, 1.165) is 12.8 Å². The zero-order chi connectivity index (χ0) is 31.0. The summed E-state index contributed by atoms with van der Waals surface area (Å²) >= 11 is 0. The molecule has 8 fully saturated rings. The summed E-state index contributed by atoms with van der Waals surface area (Å²) in [5.74, 6) is -6.11. The topological polar surface area (TPSA) is 165 Å². The highest BCUT2D eigenvalue weighted by Gasteiger charge is 2.92. The number of esters is 3. The largest absolute Gasteiger partial charge is 0.458 e. The third-order valence-electron chi connectivity index (χ3n) is 14.5. The molecule has 2 unspecified atom stereocenters. The van der Waals surface area contributed by atoms with Crippen LogP contribution < -0.4 is 0 Å². The number of rotatable bonds is 2. The van der Waals surface area contributed by atoms with E-state index in [4.69, 9.17) is 23.7 Å². The number of epoxide rings is 2. The maximum Gasteiger partial charge on any atom is 0.341 e. The lowest BCUT2D eigenvalue weighted by Crippen LogP contribution is -2.70. The molecule has 3 aliphatic heterocycles. The highest BCUT2D eigenvalue weighted by molar-refractivity contribution is 5.84. The first-order valence-corrected chi connectivity index (χ1v) is 16.0. The van der Waals surface area contributed by atoms with E-state index < -0.39 is 106 Å². The fraction of sp³-hybridized carbons (Fsp3) is 0.906. The van der Waals surface area contributed by atoms with Gasteiger partial charge in [-0.15, -0.1) is 0 Å².